The van der Waals surface area contributed by atoms with Gasteiger partial charge in [-0.3, -0.25) is 9.59 Å². The second-order valence-corrected chi connectivity index (χ2v) is 7.91. The fourth-order valence-electron chi connectivity index (χ4n) is 3.76. The predicted octanol–water partition coefficient (Wildman–Crippen LogP) is 3.46. The van der Waals surface area contributed by atoms with E-state index >= 15 is 0 Å². The number of methoxy groups -OCH3 is 2. The normalized spacial score (nSPS) is 14.0. The third kappa shape index (κ3) is 6.39. The van der Waals surface area contributed by atoms with Crippen LogP contribution in [0.5, 0.6) is 17.2 Å². The van der Waals surface area contributed by atoms with Gasteiger partial charge in [-0.1, -0.05) is 25.5 Å². The van der Waals surface area contributed by atoms with Crippen molar-refractivity contribution in [3.63, 3.8) is 0 Å². The summed E-state index contributed by atoms with van der Waals surface area (Å²) in [4.78, 5) is 27.0. The molecule has 0 spiro atoms. The molecule has 1 fully saturated rings. The smallest absolute Gasteiger partial charge is 0.260 e. The van der Waals surface area contributed by atoms with Gasteiger partial charge in [0.25, 0.3) is 11.8 Å². The second kappa shape index (κ2) is 11.4. The number of ether oxygens (including phenoxy) is 3. The Balaban J connectivity index is 1.45. The van der Waals surface area contributed by atoms with Gasteiger partial charge < -0.3 is 24.4 Å². The first-order valence-electron chi connectivity index (χ1n) is 11.1. The van der Waals surface area contributed by atoms with Gasteiger partial charge in [0.2, 0.25) is 0 Å². The number of nitrogens with one attached hydrogen (secondary N) is 1. The first-order chi connectivity index (χ1) is 15.5. The SMILES string of the molecule is CCCc1ccc(OCC(=O)N2CCC(NC(=O)c3cc(OC)cc(OC)c3)CC2)cc1. The molecule has 0 aliphatic carbocycles. The Morgan fingerprint density at radius 2 is 1.59 bits per heavy atom. The number of hydrogen-bond donors (Lipinski definition) is 1. The Bertz CT molecular complexity index is 883. The van der Waals surface area contributed by atoms with Gasteiger partial charge in [-0.05, 0) is 49.1 Å². The molecule has 0 radical (unpaired) electrons. The Labute approximate surface area is 189 Å². The Kier molecular flexibility index (Phi) is 8.36. The summed E-state index contributed by atoms with van der Waals surface area (Å²) in [5.41, 5.74) is 1.75. The summed E-state index contributed by atoms with van der Waals surface area (Å²) in [7, 11) is 3.10. The molecule has 1 aliphatic rings. The highest BCUT2D eigenvalue weighted by atomic mass is 16.5. The van der Waals surface area contributed by atoms with E-state index in [9.17, 15) is 9.59 Å². The van der Waals surface area contributed by atoms with Crippen molar-refractivity contribution in [3.05, 3.63) is 53.6 Å². The minimum Gasteiger partial charge on any atom is -0.497 e. The van der Waals surface area contributed by atoms with Gasteiger partial charge in [-0.2, -0.15) is 0 Å². The van der Waals surface area contributed by atoms with E-state index in [1.165, 1.54) is 5.56 Å². The quantitative estimate of drug-likeness (QED) is 0.646. The van der Waals surface area contributed by atoms with E-state index in [2.05, 4.69) is 12.2 Å². The molecule has 32 heavy (non-hydrogen) atoms. The zero-order chi connectivity index (χ0) is 22.9. The molecule has 0 bridgehead atoms. The molecule has 0 saturated carbocycles. The lowest BCUT2D eigenvalue weighted by Crippen LogP contribution is -2.47. The molecule has 7 heteroatoms. The number of rotatable bonds is 9. The minimum atomic E-state index is -0.179. The molecule has 2 aromatic rings. The van der Waals surface area contributed by atoms with Crippen LogP contribution in [0.15, 0.2) is 42.5 Å². The highest BCUT2D eigenvalue weighted by Crippen LogP contribution is 2.23. The fraction of sp³-hybridized carbons (Fsp3) is 0.440. The van der Waals surface area contributed by atoms with Crippen LogP contribution in [0.3, 0.4) is 0 Å². The summed E-state index contributed by atoms with van der Waals surface area (Å²) in [6, 6.07) is 13.0. The number of carbonyl (C=O) groups excluding carboxylic acids is 2. The van der Waals surface area contributed by atoms with E-state index < -0.39 is 0 Å². The summed E-state index contributed by atoms with van der Waals surface area (Å²) in [5, 5.41) is 3.05. The Morgan fingerprint density at radius 3 is 2.16 bits per heavy atom. The van der Waals surface area contributed by atoms with Gasteiger partial charge >= 0.3 is 0 Å². The maximum Gasteiger partial charge on any atom is 0.260 e. The Morgan fingerprint density at radius 1 is 0.969 bits per heavy atom. The highest BCUT2D eigenvalue weighted by molar-refractivity contribution is 5.95. The molecule has 1 heterocycles. The number of carbonyl (C=O) groups is 2. The molecule has 0 atom stereocenters. The highest BCUT2D eigenvalue weighted by Gasteiger charge is 2.24. The molecule has 7 nitrogen and oxygen atoms in total. The number of likely N-dealkylation sites (tertiary alicyclic amines) is 1. The molecule has 1 N–H and O–H groups in total. The number of piperidine rings is 1. The average Bonchev–Trinajstić information content (AvgIpc) is 2.83. The van der Waals surface area contributed by atoms with Crippen molar-refractivity contribution in [3.8, 4) is 17.2 Å². The van der Waals surface area contributed by atoms with Crippen molar-refractivity contribution in [2.45, 2.75) is 38.6 Å². The van der Waals surface area contributed by atoms with Crippen LogP contribution in [0.1, 0.15) is 42.1 Å². The van der Waals surface area contributed by atoms with Crippen LogP contribution >= 0.6 is 0 Å². The Hall–Kier alpha value is -3.22. The molecule has 1 aliphatic heterocycles. The van der Waals surface area contributed by atoms with E-state index in [1.807, 2.05) is 24.3 Å². The van der Waals surface area contributed by atoms with Crippen molar-refractivity contribution in [2.75, 3.05) is 33.9 Å². The molecular weight excluding hydrogens is 408 g/mol. The van der Waals surface area contributed by atoms with Crippen molar-refractivity contribution in [1.82, 2.24) is 10.2 Å². The van der Waals surface area contributed by atoms with E-state index in [0.717, 1.165) is 12.8 Å². The van der Waals surface area contributed by atoms with Gasteiger partial charge in [0, 0.05) is 30.8 Å². The number of nitrogens with zero attached hydrogens (tertiary/aromatic N) is 1. The molecule has 3 rings (SSSR count). The number of hydrogen-bond acceptors (Lipinski definition) is 5. The average molecular weight is 441 g/mol. The number of benzene rings is 2. The molecule has 172 valence electrons. The van der Waals surface area contributed by atoms with Gasteiger partial charge in [0.05, 0.1) is 14.2 Å². The van der Waals surface area contributed by atoms with Crippen molar-refractivity contribution >= 4 is 11.8 Å². The zero-order valence-electron chi connectivity index (χ0n) is 19.1. The molecule has 2 aromatic carbocycles. The van der Waals surface area contributed by atoms with Crippen LogP contribution in [0.25, 0.3) is 0 Å². The summed E-state index contributed by atoms with van der Waals surface area (Å²) in [6.45, 7) is 3.34. The largest absolute Gasteiger partial charge is 0.497 e. The lowest BCUT2D eigenvalue weighted by molar-refractivity contribution is -0.134. The van der Waals surface area contributed by atoms with Crippen molar-refractivity contribution in [1.29, 1.82) is 0 Å². The first-order valence-corrected chi connectivity index (χ1v) is 11.1. The predicted molar refractivity (Wildman–Crippen MR) is 123 cm³/mol. The molecule has 0 unspecified atom stereocenters. The van der Waals surface area contributed by atoms with E-state index in [-0.39, 0.29) is 24.5 Å². The standard InChI is InChI=1S/C25H32N2O5/c1-4-5-18-6-8-21(9-7-18)32-17-24(28)27-12-10-20(11-13-27)26-25(29)19-14-22(30-2)16-23(15-19)31-3/h6-9,14-16,20H,4-5,10-13,17H2,1-3H3,(H,26,29). The van der Waals surface area contributed by atoms with Crippen molar-refractivity contribution < 1.29 is 23.8 Å². The maximum atomic E-state index is 12.7. The van der Waals surface area contributed by atoms with Crippen LogP contribution in [-0.2, 0) is 11.2 Å². The third-order valence-corrected chi connectivity index (χ3v) is 5.62. The third-order valence-electron chi connectivity index (χ3n) is 5.62. The lowest BCUT2D eigenvalue weighted by Gasteiger charge is -2.32. The summed E-state index contributed by atoms with van der Waals surface area (Å²) >= 11 is 0. The van der Waals surface area contributed by atoms with Crippen molar-refractivity contribution in [2.24, 2.45) is 0 Å². The second-order valence-electron chi connectivity index (χ2n) is 7.91. The summed E-state index contributed by atoms with van der Waals surface area (Å²) in [5.74, 6) is 1.62. The fourth-order valence-corrected chi connectivity index (χ4v) is 3.76. The zero-order valence-corrected chi connectivity index (χ0v) is 19.1. The van der Waals surface area contributed by atoms with Crippen LogP contribution in [0.2, 0.25) is 0 Å². The van der Waals surface area contributed by atoms with Crippen LogP contribution in [-0.4, -0.2) is 56.7 Å². The first kappa shape index (κ1) is 23.4. The molecule has 2 amide bonds. The van der Waals surface area contributed by atoms with E-state index in [0.29, 0.717) is 48.7 Å². The van der Waals surface area contributed by atoms with E-state index in [4.69, 9.17) is 14.2 Å². The van der Waals surface area contributed by atoms with Gasteiger partial charge in [-0.25, -0.2) is 0 Å². The molecule has 0 aromatic heterocycles. The van der Waals surface area contributed by atoms with Gasteiger partial charge in [-0.15, -0.1) is 0 Å². The monoisotopic (exact) mass is 440 g/mol. The van der Waals surface area contributed by atoms with Crippen LogP contribution < -0.4 is 19.5 Å². The van der Waals surface area contributed by atoms with Gasteiger partial charge in [0.1, 0.15) is 17.2 Å². The van der Waals surface area contributed by atoms with Crippen LogP contribution in [0, 0.1) is 0 Å². The summed E-state index contributed by atoms with van der Waals surface area (Å²) in [6.07, 6.45) is 3.54. The topological polar surface area (TPSA) is 77.1 Å². The van der Waals surface area contributed by atoms with Crippen LogP contribution in [0.4, 0.5) is 0 Å². The maximum absolute atomic E-state index is 12.7. The van der Waals surface area contributed by atoms with E-state index in [1.54, 1.807) is 37.3 Å². The minimum absolute atomic E-state index is 0.00998. The number of aryl methyl sites for hydroxylation is 1. The number of amides is 2. The molecule has 1 saturated heterocycles. The lowest BCUT2D eigenvalue weighted by atomic mass is 10.0. The summed E-state index contributed by atoms with van der Waals surface area (Å²) < 4.78 is 16.1. The molecular formula is C25H32N2O5. The van der Waals surface area contributed by atoms with Gasteiger partial charge in [0.15, 0.2) is 6.61 Å².